The number of aliphatic hydroxyl groups is 1. The van der Waals surface area contributed by atoms with Crippen molar-refractivity contribution in [3.05, 3.63) is 12.4 Å². The average Bonchev–Trinajstić information content (AvgIpc) is 2.67. The Hall–Kier alpha value is -1.03. The van der Waals surface area contributed by atoms with Crippen molar-refractivity contribution >= 4 is 5.95 Å². The normalized spacial score (nSPS) is 10.5. The summed E-state index contributed by atoms with van der Waals surface area (Å²) in [5, 5.41) is 8.78. The van der Waals surface area contributed by atoms with Gasteiger partial charge in [-0.05, 0) is 20.3 Å². The van der Waals surface area contributed by atoms with Gasteiger partial charge in [0.2, 0.25) is 5.95 Å². The summed E-state index contributed by atoms with van der Waals surface area (Å²) in [5.74, 6) is 1.00. The van der Waals surface area contributed by atoms with Gasteiger partial charge in [0.25, 0.3) is 0 Å². The van der Waals surface area contributed by atoms with E-state index in [0.29, 0.717) is 0 Å². The van der Waals surface area contributed by atoms with Gasteiger partial charge >= 0.3 is 0 Å². The molecule has 0 spiro atoms. The minimum absolute atomic E-state index is 0.239. The number of rotatable bonds is 6. The number of hydrogen-bond acceptors (Lipinski definition) is 3. The smallest absolute Gasteiger partial charge is 0.205 e. The maximum Gasteiger partial charge on any atom is 0.205 e. The van der Waals surface area contributed by atoms with E-state index in [-0.39, 0.29) is 6.61 Å². The number of hydrogen-bond donors (Lipinski definition) is 1. The van der Waals surface area contributed by atoms with E-state index in [1.54, 1.807) is 0 Å². The Kier molecular flexibility index (Phi) is 4.46. The van der Waals surface area contributed by atoms with Gasteiger partial charge in [0.05, 0.1) is 0 Å². The molecule has 0 saturated carbocycles. The Balaban J connectivity index is 2.67. The van der Waals surface area contributed by atoms with Gasteiger partial charge in [-0.25, -0.2) is 4.98 Å². The van der Waals surface area contributed by atoms with Gasteiger partial charge in [-0.1, -0.05) is 0 Å². The van der Waals surface area contributed by atoms with Crippen LogP contribution in [0.4, 0.5) is 5.95 Å². The molecule has 1 aromatic rings. The molecule has 80 valence electrons. The summed E-state index contributed by atoms with van der Waals surface area (Å²) in [4.78, 5) is 6.50. The fourth-order valence-corrected chi connectivity index (χ4v) is 1.49. The van der Waals surface area contributed by atoms with E-state index < -0.39 is 0 Å². The van der Waals surface area contributed by atoms with E-state index in [4.69, 9.17) is 5.11 Å². The van der Waals surface area contributed by atoms with E-state index in [0.717, 1.165) is 32.0 Å². The Morgan fingerprint density at radius 1 is 1.50 bits per heavy atom. The molecule has 0 saturated heterocycles. The molecule has 0 aromatic carbocycles. The summed E-state index contributed by atoms with van der Waals surface area (Å²) in [6.07, 6.45) is 4.60. The van der Waals surface area contributed by atoms with Crippen molar-refractivity contribution < 1.29 is 5.11 Å². The molecule has 0 fully saturated rings. The highest BCUT2D eigenvalue weighted by Gasteiger charge is 2.08. The molecule has 0 unspecified atom stereocenters. The summed E-state index contributed by atoms with van der Waals surface area (Å²) in [6.45, 7) is 7.17. The lowest BCUT2D eigenvalue weighted by Gasteiger charge is -2.22. The van der Waals surface area contributed by atoms with Crippen LogP contribution in [0.1, 0.15) is 20.3 Å². The van der Waals surface area contributed by atoms with Crippen LogP contribution >= 0.6 is 0 Å². The fourth-order valence-electron chi connectivity index (χ4n) is 1.49. The summed E-state index contributed by atoms with van der Waals surface area (Å²) in [5.41, 5.74) is 0. The number of aromatic nitrogens is 2. The van der Waals surface area contributed by atoms with E-state index in [9.17, 15) is 0 Å². The molecular weight excluding hydrogens is 178 g/mol. The van der Waals surface area contributed by atoms with Crippen molar-refractivity contribution in [2.75, 3.05) is 24.6 Å². The first-order chi connectivity index (χ1) is 6.83. The highest BCUT2D eigenvalue weighted by molar-refractivity contribution is 5.30. The van der Waals surface area contributed by atoms with Crippen LogP contribution in [0.2, 0.25) is 0 Å². The average molecular weight is 197 g/mol. The van der Waals surface area contributed by atoms with Gasteiger partial charge in [0.1, 0.15) is 0 Å². The molecule has 14 heavy (non-hydrogen) atoms. The lowest BCUT2D eigenvalue weighted by molar-refractivity contribution is 0.289. The minimum Gasteiger partial charge on any atom is -0.396 e. The zero-order valence-corrected chi connectivity index (χ0v) is 8.98. The molecule has 1 N–H and O–H groups in total. The summed E-state index contributed by atoms with van der Waals surface area (Å²) in [7, 11) is 0. The SMILES string of the molecule is CCN(CCCO)c1nccn1CC. The zero-order chi connectivity index (χ0) is 10.4. The maximum absolute atomic E-state index is 8.78. The molecule has 0 aliphatic carbocycles. The van der Waals surface area contributed by atoms with Crippen molar-refractivity contribution in [2.45, 2.75) is 26.8 Å². The van der Waals surface area contributed by atoms with Crippen LogP contribution in [-0.4, -0.2) is 34.4 Å². The topological polar surface area (TPSA) is 41.3 Å². The summed E-state index contributed by atoms with van der Waals surface area (Å²) in [6, 6.07) is 0. The van der Waals surface area contributed by atoms with Gasteiger partial charge in [0.15, 0.2) is 0 Å². The number of anilines is 1. The number of nitrogens with zero attached hydrogens (tertiary/aromatic N) is 3. The van der Waals surface area contributed by atoms with Crippen LogP contribution in [0, 0.1) is 0 Å². The van der Waals surface area contributed by atoms with Gasteiger partial charge < -0.3 is 14.6 Å². The molecule has 0 atom stereocenters. The second kappa shape index (κ2) is 5.65. The molecule has 0 aliphatic heterocycles. The van der Waals surface area contributed by atoms with Crippen LogP contribution < -0.4 is 4.90 Å². The zero-order valence-electron chi connectivity index (χ0n) is 8.98. The number of aryl methyl sites for hydroxylation is 1. The Labute approximate surface area is 85.2 Å². The van der Waals surface area contributed by atoms with Gasteiger partial charge in [-0.3, -0.25) is 0 Å². The Bertz CT molecular complexity index is 260. The quantitative estimate of drug-likeness (QED) is 0.742. The Morgan fingerprint density at radius 2 is 2.29 bits per heavy atom. The standard InChI is InChI=1S/C10H19N3O/c1-3-12(7-5-9-14)10-11-6-8-13(10)4-2/h6,8,14H,3-5,7,9H2,1-2H3. The van der Waals surface area contributed by atoms with Gasteiger partial charge in [-0.15, -0.1) is 0 Å². The van der Waals surface area contributed by atoms with Crippen molar-refractivity contribution in [3.8, 4) is 0 Å². The molecule has 1 rings (SSSR count). The highest BCUT2D eigenvalue weighted by Crippen LogP contribution is 2.11. The van der Waals surface area contributed by atoms with E-state index in [1.165, 1.54) is 0 Å². The predicted molar refractivity (Wildman–Crippen MR) is 57.5 cm³/mol. The van der Waals surface area contributed by atoms with E-state index in [2.05, 4.69) is 28.3 Å². The lowest BCUT2D eigenvalue weighted by Crippen LogP contribution is -2.27. The minimum atomic E-state index is 0.239. The molecule has 4 heteroatoms. The highest BCUT2D eigenvalue weighted by atomic mass is 16.3. The molecule has 0 bridgehead atoms. The second-order valence-corrected chi connectivity index (χ2v) is 3.17. The third kappa shape index (κ3) is 2.48. The second-order valence-electron chi connectivity index (χ2n) is 3.17. The van der Waals surface area contributed by atoms with Crippen molar-refractivity contribution in [3.63, 3.8) is 0 Å². The molecule has 0 radical (unpaired) electrons. The van der Waals surface area contributed by atoms with Crippen molar-refractivity contribution in [2.24, 2.45) is 0 Å². The number of imidazole rings is 1. The van der Waals surface area contributed by atoms with Crippen LogP contribution in [0.5, 0.6) is 0 Å². The van der Waals surface area contributed by atoms with Gasteiger partial charge in [-0.2, -0.15) is 0 Å². The molecule has 0 aliphatic rings. The first-order valence-electron chi connectivity index (χ1n) is 5.20. The largest absolute Gasteiger partial charge is 0.396 e. The first kappa shape index (κ1) is 11.0. The molecule has 4 nitrogen and oxygen atoms in total. The fraction of sp³-hybridized carbons (Fsp3) is 0.700. The summed E-state index contributed by atoms with van der Waals surface area (Å²) >= 11 is 0. The third-order valence-electron chi connectivity index (χ3n) is 2.28. The van der Waals surface area contributed by atoms with Crippen LogP contribution in [0.3, 0.4) is 0 Å². The monoisotopic (exact) mass is 197 g/mol. The van der Waals surface area contributed by atoms with E-state index >= 15 is 0 Å². The molecular formula is C10H19N3O. The Morgan fingerprint density at radius 3 is 2.86 bits per heavy atom. The summed E-state index contributed by atoms with van der Waals surface area (Å²) < 4.78 is 2.11. The van der Waals surface area contributed by atoms with E-state index in [1.807, 2.05) is 12.4 Å². The van der Waals surface area contributed by atoms with Gasteiger partial charge in [0, 0.05) is 38.6 Å². The van der Waals surface area contributed by atoms with Crippen molar-refractivity contribution in [1.82, 2.24) is 9.55 Å². The predicted octanol–water partition coefficient (Wildman–Crippen LogP) is 1.11. The molecule has 1 aromatic heterocycles. The molecule has 0 amide bonds. The van der Waals surface area contributed by atoms with Crippen LogP contribution in [0.15, 0.2) is 12.4 Å². The maximum atomic E-state index is 8.78. The van der Waals surface area contributed by atoms with Crippen LogP contribution in [-0.2, 0) is 6.54 Å². The molecule has 1 heterocycles. The number of aliphatic hydroxyl groups excluding tert-OH is 1. The lowest BCUT2D eigenvalue weighted by atomic mass is 10.4. The van der Waals surface area contributed by atoms with Crippen LogP contribution in [0.25, 0.3) is 0 Å². The first-order valence-corrected chi connectivity index (χ1v) is 5.20. The van der Waals surface area contributed by atoms with Crippen molar-refractivity contribution in [1.29, 1.82) is 0 Å². The third-order valence-corrected chi connectivity index (χ3v) is 2.28.